The minimum atomic E-state index is -3.66. The van der Waals surface area contributed by atoms with Crippen LogP contribution in [0.5, 0.6) is 0 Å². The first-order chi connectivity index (χ1) is 13.5. The highest BCUT2D eigenvalue weighted by Crippen LogP contribution is 2.37. The zero-order valence-electron chi connectivity index (χ0n) is 16.4. The average molecular weight is 395 g/mol. The molecule has 1 atom stereocenters. The number of piperidine rings is 1. The van der Waals surface area contributed by atoms with Gasteiger partial charge in [0.1, 0.15) is 4.90 Å². The van der Waals surface area contributed by atoms with Crippen molar-refractivity contribution in [2.75, 3.05) is 18.0 Å². The summed E-state index contributed by atoms with van der Waals surface area (Å²) in [6.45, 7) is 6.03. The first kappa shape index (κ1) is 18.9. The molecule has 5 heteroatoms. The maximum atomic E-state index is 13.6. The van der Waals surface area contributed by atoms with Gasteiger partial charge in [0.15, 0.2) is 0 Å². The molecule has 1 aliphatic rings. The van der Waals surface area contributed by atoms with Crippen molar-refractivity contribution in [3.63, 3.8) is 0 Å². The number of rotatable bonds is 4. The molecular weight excluding hydrogens is 368 g/mol. The molecule has 0 spiro atoms. The van der Waals surface area contributed by atoms with Crippen LogP contribution < -0.4 is 4.90 Å². The van der Waals surface area contributed by atoms with Gasteiger partial charge in [-0.1, -0.05) is 44.2 Å². The summed E-state index contributed by atoms with van der Waals surface area (Å²) < 4.78 is 27.1. The van der Waals surface area contributed by atoms with E-state index in [1.165, 1.54) is 6.42 Å². The third kappa shape index (κ3) is 3.39. The average Bonchev–Trinajstić information content (AvgIpc) is 2.73. The SMILES string of the molecule is CCc1ccc(S(=O)(=O)c2cnc3ccccc3c2N2CCC[C@H](C)C2)cc1. The van der Waals surface area contributed by atoms with Crippen LogP contribution in [0.3, 0.4) is 0 Å². The quantitative estimate of drug-likeness (QED) is 0.634. The third-order valence-corrected chi connectivity index (χ3v) is 7.39. The molecular formula is C23H26N2O2S. The molecule has 1 fully saturated rings. The van der Waals surface area contributed by atoms with Gasteiger partial charge in [-0.15, -0.1) is 0 Å². The zero-order valence-corrected chi connectivity index (χ0v) is 17.2. The van der Waals surface area contributed by atoms with Crippen molar-refractivity contribution in [3.05, 3.63) is 60.3 Å². The van der Waals surface area contributed by atoms with E-state index in [-0.39, 0.29) is 0 Å². The molecule has 2 heterocycles. The fourth-order valence-corrected chi connectivity index (χ4v) is 5.49. The number of para-hydroxylation sites is 1. The summed E-state index contributed by atoms with van der Waals surface area (Å²) in [5.74, 6) is 0.542. The van der Waals surface area contributed by atoms with Gasteiger partial charge in [0.05, 0.1) is 16.1 Å². The third-order valence-electron chi connectivity index (χ3n) is 5.62. The molecule has 0 unspecified atom stereocenters. The van der Waals surface area contributed by atoms with Crippen LogP contribution in [0.1, 0.15) is 32.3 Å². The lowest BCUT2D eigenvalue weighted by atomic mass is 9.99. The fourth-order valence-electron chi connectivity index (χ4n) is 4.06. The number of fused-ring (bicyclic) bond motifs is 1. The largest absolute Gasteiger partial charge is 0.370 e. The molecule has 0 radical (unpaired) electrons. The Bertz CT molecular complexity index is 1090. The highest BCUT2D eigenvalue weighted by Gasteiger charge is 2.28. The maximum Gasteiger partial charge on any atom is 0.210 e. The van der Waals surface area contributed by atoms with Gasteiger partial charge in [-0.3, -0.25) is 4.98 Å². The van der Waals surface area contributed by atoms with Crippen LogP contribution in [0.2, 0.25) is 0 Å². The summed E-state index contributed by atoms with van der Waals surface area (Å²) >= 11 is 0. The Labute approximate surface area is 167 Å². The second-order valence-corrected chi connectivity index (χ2v) is 9.60. The van der Waals surface area contributed by atoms with E-state index >= 15 is 0 Å². The second kappa shape index (κ2) is 7.55. The van der Waals surface area contributed by atoms with E-state index < -0.39 is 9.84 Å². The van der Waals surface area contributed by atoms with Gasteiger partial charge in [0, 0.05) is 24.7 Å². The van der Waals surface area contributed by atoms with Gasteiger partial charge in [-0.2, -0.15) is 0 Å². The van der Waals surface area contributed by atoms with Crippen molar-refractivity contribution in [2.45, 2.75) is 42.9 Å². The van der Waals surface area contributed by atoms with Gasteiger partial charge in [-0.25, -0.2) is 8.42 Å². The van der Waals surface area contributed by atoms with E-state index in [0.29, 0.717) is 15.7 Å². The van der Waals surface area contributed by atoms with Crippen LogP contribution in [0.15, 0.2) is 64.5 Å². The second-order valence-electron chi connectivity index (χ2n) is 7.68. The van der Waals surface area contributed by atoms with Gasteiger partial charge in [0.25, 0.3) is 0 Å². The monoisotopic (exact) mass is 394 g/mol. The van der Waals surface area contributed by atoms with E-state index in [2.05, 4.69) is 23.7 Å². The minimum Gasteiger partial charge on any atom is -0.370 e. The zero-order chi connectivity index (χ0) is 19.7. The van der Waals surface area contributed by atoms with Crippen LogP contribution in [-0.4, -0.2) is 26.5 Å². The van der Waals surface area contributed by atoms with Crippen molar-refractivity contribution in [3.8, 4) is 0 Å². The molecule has 0 bridgehead atoms. The van der Waals surface area contributed by atoms with E-state index in [1.54, 1.807) is 18.3 Å². The van der Waals surface area contributed by atoms with Crippen LogP contribution in [0, 0.1) is 5.92 Å². The number of hydrogen-bond donors (Lipinski definition) is 0. The molecule has 28 heavy (non-hydrogen) atoms. The van der Waals surface area contributed by atoms with Crippen LogP contribution >= 0.6 is 0 Å². The number of nitrogens with zero attached hydrogens (tertiary/aromatic N) is 2. The number of pyridine rings is 1. The van der Waals surface area contributed by atoms with Crippen LogP contribution in [0.4, 0.5) is 5.69 Å². The molecule has 1 aromatic heterocycles. The minimum absolute atomic E-state index is 0.310. The van der Waals surface area contributed by atoms with E-state index in [4.69, 9.17) is 0 Å². The molecule has 4 rings (SSSR count). The van der Waals surface area contributed by atoms with Gasteiger partial charge >= 0.3 is 0 Å². The lowest BCUT2D eigenvalue weighted by molar-refractivity contribution is 0.446. The van der Waals surface area contributed by atoms with Crippen molar-refractivity contribution in [1.29, 1.82) is 0 Å². The highest BCUT2D eigenvalue weighted by molar-refractivity contribution is 7.91. The molecule has 146 valence electrons. The van der Waals surface area contributed by atoms with Crippen molar-refractivity contribution >= 4 is 26.4 Å². The Morgan fingerprint density at radius 2 is 1.86 bits per heavy atom. The molecule has 0 aliphatic carbocycles. The van der Waals surface area contributed by atoms with Gasteiger partial charge in [-0.05, 0) is 48.9 Å². The summed E-state index contributed by atoms with van der Waals surface area (Å²) in [7, 11) is -3.66. The van der Waals surface area contributed by atoms with Crippen molar-refractivity contribution < 1.29 is 8.42 Å². The number of sulfone groups is 1. The summed E-state index contributed by atoms with van der Waals surface area (Å²) in [5, 5.41) is 0.905. The predicted molar refractivity (Wildman–Crippen MR) is 114 cm³/mol. The van der Waals surface area contributed by atoms with Crippen LogP contribution in [-0.2, 0) is 16.3 Å². The number of aryl methyl sites for hydroxylation is 1. The smallest absolute Gasteiger partial charge is 0.210 e. The topological polar surface area (TPSA) is 50.3 Å². The Morgan fingerprint density at radius 1 is 1.11 bits per heavy atom. The molecule has 4 nitrogen and oxygen atoms in total. The molecule has 1 saturated heterocycles. The summed E-state index contributed by atoms with van der Waals surface area (Å²) in [6.07, 6.45) is 4.68. The standard InChI is InChI=1S/C23H26N2O2S/c1-3-18-10-12-19(13-11-18)28(26,27)22-15-24-21-9-5-4-8-20(21)23(22)25-14-6-7-17(2)16-25/h4-5,8-13,15,17H,3,6-7,14,16H2,1-2H3/t17-/m0/s1. The Kier molecular flexibility index (Phi) is 5.11. The number of hydrogen-bond acceptors (Lipinski definition) is 4. The molecule has 0 saturated carbocycles. The maximum absolute atomic E-state index is 13.6. The normalized spacial score (nSPS) is 17.8. The Morgan fingerprint density at radius 3 is 2.57 bits per heavy atom. The molecule has 0 N–H and O–H groups in total. The number of benzene rings is 2. The first-order valence-electron chi connectivity index (χ1n) is 9.97. The summed E-state index contributed by atoms with van der Waals surface area (Å²) in [4.78, 5) is 7.35. The molecule has 3 aromatic rings. The number of aromatic nitrogens is 1. The predicted octanol–water partition coefficient (Wildman–Crippen LogP) is 4.87. The van der Waals surface area contributed by atoms with E-state index in [0.717, 1.165) is 48.1 Å². The van der Waals surface area contributed by atoms with E-state index in [1.807, 2.05) is 36.4 Å². The van der Waals surface area contributed by atoms with Gasteiger partial charge in [0.2, 0.25) is 9.84 Å². The van der Waals surface area contributed by atoms with E-state index in [9.17, 15) is 8.42 Å². The summed E-state index contributed by atoms with van der Waals surface area (Å²) in [5.41, 5.74) is 2.76. The fraction of sp³-hybridized carbons (Fsp3) is 0.348. The molecule has 0 amide bonds. The molecule has 2 aromatic carbocycles. The lowest BCUT2D eigenvalue weighted by Gasteiger charge is -2.34. The van der Waals surface area contributed by atoms with Gasteiger partial charge < -0.3 is 4.90 Å². The van der Waals surface area contributed by atoms with Crippen LogP contribution in [0.25, 0.3) is 10.9 Å². The highest BCUT2D eigenvalue weighted by atomic mass is 32.2. The lowest BCUT2D eigenvalue weighted by Crippen LogP contribution is -2.35. The number of anilines is 1. The Hall–Kier alpha value is -2.40. The molecule has 1 aliphatic heterocycles. The van der Waals surface area contributed by atoms with Crippen molar-refractivity contribution in [2.24, 2.45) is 5.92 Å². The van der Waals surface area contributed by atoms with Crippen molar-refractivity contribution in [1.82, 2.24) is 4.98 Å². The first-order valence-corrected chi connectivity index (χ1v) is 11.5. The summed E-state index contributed by atoms with van der Waals surface area (Å²) in [6, 6.07) is 15.0. The Balaban J connectivity index is 1.91.